The van der Waals surface area contributed by atoms with Gasteiger partial charge in [0.25, 0.3) is 5.91 Å². The number of hydrogen-bond donors (Lipinski definition) is 2. The van der Waals surface area contributed by atoms with Gasteiger partial charge in [-0.05, 0) is 36.4 Å². The molecular formula is C22H26N4O3S. The first-order chi connectivity index (χ1) is 14.6. The fourth-order valence-electron chi connectivity index (χ4n) is 4.25. The number of hydrogen-bond acceptors (Lipinski definition) is 5. The fourth-order valence-corrected chi connectivity index (χ4v) is 5.00. The SMILES string of the molecule is O=C(CC1NC(=O)N(C2CCCCC2)C1=O)NC(Cc1cccs1)c1ccccn1. The zero-order chi connectivity index (χ0) is 20.9. The quantitative estimate of drug-likeness (QED) is 0.665. The molecule has 2 fully saturated rings. The monoisotopic (exact) mass is 426 g/mol. The van der Waals surface area contributed by atoms with E-state index in [9.17, 15) is 14.4 Å². The number of nitrogens with zero attached hydrogens (tertiary/aromatic N) is 2. The Morgan fingerprint density at radius 2 is 2.03 bits per heavy atom. The van der Waals surface area contributed by atoms with Crippen LogP contribution < -0.4 is 10.6 Å². The van der Waals surface area contributed by atoms with Gasteiger partial charge in [-0.3, -0.25) is 19.5 Å². The standard InChI is InChI=1S/C22H26N4O3S/c27-20(14-19-21(28)26(22(29)25-19)15-7-2-1-3-8-15)24-18(13-16-9-6-12-30-16)17-10-4-5-11-23-17/h4-6,9-12,15,18-19H,1-3,7-8,13-14H2,(H,24,27)(H,25,29). The topological polar surface area (TPSA) is 91.4 Å². The number of amides is 4. The van der Waals surface area contributed by atoms with Gasteiger partial charge < -0.3 is 10.6 Å². The van der Waals surface area contributed by atoms with Crippen LogP contribution in [-0.4, -0.2) is 39.8 Å². The summed E-state index contributed by atoms with van der Waals surface area (Å²) in [7, 11) is 0. The van der Waals surface area contributed by atoms with E-state index < -0.39 is 6.04 Å². The fraction of sp³-hybridized carbons (Fsp3) is 0.455. The number of nitrogens with one attached hydrogen (secondary N) is 2. The highest BCUT2D eigenvalue weighted by molar-refractivity contribution is 7.09. The van der Waals surface area contributed by atoms with Crippen molar-refractivity contribution in [3.63, 3.8) is 0 Å². The highest BCUT2D eigenvalue weighted by Crippen LogP contribution is 2.26. The molecule has 0 radical (unpaired) electrons. The Bertz CT molecular complexity index is 881. The maximum absolute atomic E-state index is 12.8. The van der Waals surface area contributed by atoms with Crippen LogP contribution in [0.2, 0.25) is 0 Å². The Labute approximate surface area is 179 Å². The maximum atomic E-state index is 12.8. The van der Waals surface area contributed by atoms with Gasteiger partial charge in [0, 0.05) is 23.5 Å². The number of pyridine rings is 1. The summed E-state index contributed by atoms with van der Waals surface area (Å²) in [4.78, 5) is 44.9. The lowest BCUT2D eigenvalue weighted by molar-refractivity contribution is -0.132. The molecule has 2 aromatic rings. The first kappa shape index (κ1) is 20.5. The smallest absolute Gasteiger partial charge is 0.325 e. The second-order valence-electron chi connectivity index (χ2n) is 7.86. The van der Waals surface area contributed by atoms with Crippen molar-refractivity contribution in [3.8, 4) is 0 Å². The third-order valence-electron chi connectivity index (χ3n) is 5.75. The van der Waals surface area contributed by atoms with Gasteiger partial charge in [-0.2, -0.15) is 0 Å². The van der Waals surface area contributed by atoms with E-state index in [4.69, 9.17) is 0 Å². The Hall–Kier alpha value is -2.74. The summed E-state index contributed by atoms with van der Waals surface area (Å²) in [5.74, 6) is -0.555. The largest absolute Gasteiger partial charge is 0.347 e. The molecule has 2 N–H and O–H groups in total. The minimum Gasteiger partial charge on any atom is -0.347 e. The van der Waals surface area contributed by atoms with Crippen molar-refractivity contribution in [2.24, 2.45) is 0 Å². The number of carbonyl (C=O) groups excluding carboxylic acids is 3. The third-order valence-corrected chi connectivity index (χ3v) is 6.65. The molecule has 8 heteroatoms. The number of urea groups is 1. The van der Waals surface area contributed by atoms with Crippen molar-refractivity contribution in [2.45, 2.75) is 63.1 Å². The Kier molecular flexibility index (Phi) is 6.42. The molecule has 30 heavy (non-hydrogen) atoms. The molecule has 1 aliphatic carbocycles. The molecule has 4 amide bonds. The van der Waals surface area contributed by atoms with E-state index in [1.165, 1.54) is 4.90 Å². The minimum absolute atomic E-state index is 0.0422. The molecule has 4 rings (SSSR count). The number of imide groups is 1. The molecule has 2 unspecified atom stereocenters. The summed E-state index contributed by atoms with van der Waals surface area (Å²) < 4.78 is 0. The summed E-state index contributed by atoms with van der Waals surface area (Å²) >= 11 is 1.63. The summed E-state index contributed by atoms with van der Waals surface area (Å²) in [6.45, 7) is 0. The Morgan fingerprint density at radius 3 is 2.73 bits per heavy atom. The molecule has 1 aliphatic heterocycles. The van der Waals surface area contributed by atoms with Crippen LogP contribution in [0.25, 0.3) is 0 Å². The van der Waals surface area contributed by atoms with Crippen LogP contribution in [0.1, 0.15) is 55.1 Å². The van der Waals surface area contributed by atoms with Gasteiger partial charge in [-0.25, -0.2) is 4.79 Å². The number of rotatable bonds is 7. The second kappa shape index (κ2) is 9.38. The zero-order valence-corrected chi connectivity index (χ0v) is 17.6. The van der Waals surface area contributed by atoms with Crippen molar-refractivity contribution in [2.75, 3.05) is 0 Å². The van der Waals surface area contributed by atoms with Gasteiger partial charge in [0.2, 0.25) is 5.91 Å². The van der Waals surface area contributed by atoms with Crippen molar-refractivity contribution >= 4 is 29.2 Å². The molecule has 3 heterocycles. The summed E-state index contributed by atoms with van der Waals surface area (Å²) in [5.41, 5.74) is 0.768. The lowest BCUT2D eigenvalue weighted by Crippen LogP contribution is -2.42. The van der Waals surface area contributed by atoms with Crippen LogP contribution in [0.15, 0.2) is 41.9 Å². The van der Waals surface area contributed by atoms with Crippen LogP contribution >= 0.6 is 11.3 Å². The molecule has 2 aliphatic rings. The molecule has 2 atom stereocenters. The van der Waals surface area contributed by atoms with Gasteiger partial charge in [0.15, 0.2) is 0 Å². The molecule has 2 aromatic heterocycles. The number of carbonyl (C=O) groups is 3. The van der Waals surface area contributed by atoms with E-state index >= 15 is 0 Å². The molecule has 1 saturated carbocycles. The zero-order valence-electron chi connectivity index (χ0n) is 16.8. The van der Waals surface area contributed by atoms with Gasteiger partial charge in [-0.15, -0.1) is 11.3 Å². The molecule has 0 bridgehead atoms. The van der Waals surface area contributed by atoms with Crippen molar-refractivity contribution < 1.29 is 14.4 Å². The Morgan fingerprint density at radius 1 is 1.20 bits per heavy atom. The van der Waals surface area contributed by atoms with E-state index in [1.54, 1.807) is 17.5 Å². The van der Waals surface area contributed by atoms with E-state index in [1.807, 2.05) is 35.7 Å². The van der Waals surface area contributed by atoms with Crippen LogP contribution in [0.4, 0.5) is 4.79 Å². The van der Waals surface area contributed by atoms with Gasteiger partial charge in [-0.1, -0.05) is 31.4 Å². The van der Waals surface area contributed by atoms with E-state index in [-0.39, 0.29) is 36.3 Å². The van der Waals surface area contributed by atoms with Gasteiger partial charge >= 0.3 is 6.03 Å². The van der Waals surface area contributed by atoms with Crippen LogP contribution in [0.5, 0.6) is 0 Å². The van der Waals surface area contributed by atoms with Crippen molar-refractivity contribution in [1.82, 2.24) is 20.5 Å². The van der Waals surface area contributed by atoms with Crippen LogP contribution in [-0.2, 0) is 16.0 Å². The van der Waals surface area contributed by atoms with E-state index in [2.05, 4.69) is 15.6 Å². The molecule has 0 aromatic carbocycles. The molecular weight excluding hydrogens is 400 g/mol. The second-order valence-corrected chi connectivity index (χ2v) is 8.90. The van der Waals surface area contributed by atoms with Crippen molar-refractivity contribution in [3.05, 3.63) is 52.5 Å². The average molecular weight is 427 g/mol. The summed E-state index contributed by atoms with van der Waals surface area (Å²) in [6, 6.07) is 8.10. The van der Waals surface area contributed by atoms with E-state index in [0.717, 1.165) is 42.7 Å². The maximum Gasteiger partial charge on any atom is 0.325 e. The molecule has 1 saturated heterocycles. The van der Waals surface area contributed by atoms with Crippen LogP contribution in [0.3, 0.4) is 0 Å². The van der Waals surface area contributed by atoms with E-state index in [0.29, 0.717) is 6.42 Å². The predicted molar refractivity (Wildman–Crippen MR) is 114 cm³/mol. The first-order valence-electron chi connectivity index (χ1n) is 10.5. The predicted octanol–water partition coefficient (Wildman–Crippen LogP) is 3.19. The summed E-state index contributed by atoms with van der Waals surface area (Å²) in [5, 5.41) is 7.71. The summed E-state index contributed by atoms with van der Waals surface area (Å²) in [6.07, 6.45) is 7.15. The van der Waals surface area contributed by atoms with Gasteiger partial charge in [0.05, 0.1) is 18.2 Å². The normalized spacial score (nSPS) is 20.8. The highest BCUT2D eigenvalue weighted by atomic mass is 32.1. The first-order valence-corrected chi connectivity index (χ1v) is 11.4. The molecule has 0 spiro atoms. The van der Waals surface area contributed by atoms with Gasteiger partial charge in [0.1, 0.15) is 6.04 Å². The lowest BCUT2D eigenvalue weighted by Gasteiger charge is -2.28. The molecule has 7 nitrogen and oxygen atoms in total. The lowest BCUT2D eigenvalue weighted by atomic mass is 9.94. The van der Waals surface area contributed by atoms with Crippen molar-refractivity contribution in [1.29, 1.82) is 0 Å². The molecule has 158 valence electrons. The average Bonchev–Trinajstić information content (AvgIpc) is 3.36. The minimum atomic E-state index is -0.800. The third kappa shape index (κ3) is 4.70. The number of thiophene rings is 1. The van der Waals surface area contributed by atoms with Crippen LogP contribution in [0, 0.1) is 0 Å². The highest BCUT2D eigenvalue weighted by Gasteiger charge is 2.43. The Balaban J connectivity index is 1.40. The number of aromatic nitrogens is 1.